The smallest absolute Gasteiger partial charge is 0.225 e. The van der Waals surface area contributed by atoms with Gasteiger partial charge in [-0.25, -0.2) is 14.6 Å². The molecule has 0 unspecified atom stereocenters. The number of hydrogen-bond donors (Lipinski definition) is 0. The molecular weight excluding hydrogens is 548 g/mol. The van der Waals surface area contributed by atoms with Crippen molar-refractivity contribution in [3.8, 4) is 5.69 Å². The number of fused-ring (bicyclic) bond motifs is 2. The maximum absolute atomic E-state index is 13.2. The summed E-state index contributed by atoms with van der Waals surface area (Å²) < 4.78 is 13.5. The molecule has 1 amide bonds. The van der Waals surface area contributed by atoms with Crippen LogP contribution >= 0.6 is 15.9 Å². The number of methoxy groups -OCH3 is 1. The van der Waals surface area contributed by atoms with Gasteiger partial charge in [0.25, 0.3) is 0 Å². The van der Waals surface area contributed by atoms with E-state index >= 15 is 0 Å². The van der Waals surface area contributed by atoms with E-state index < -0.39 is 0 Å². The largest absolute Gasteiger partial charge is 0.382 e. The SMILES string of the molecule is COCCO[C@@H]1CCN(C(=O)[C@@H]2CC[C@@H](Cc3ncc4c(Br)nn(-c5ccc6ncccc6c5)c4n3)C2)C1. The predicted octanol–water partition coefficient (Wildman–Crippen LogP) is 4.35. The lowest BCUT2D eigenvalue weighted by Gasteiger charge is -2.21. The molecule has 4 heterocycles. The van der Waals surface area contributed by atoms with E-state index in [0.717, 1.165) is 72.1 Å². The average Bonchev–Trinajstić information content (AvgIpc) is 3.68. The summed E-state index contributed by atoms with van der Waals surface area (Å²) in [5, 5.41) is 6.61. The highest BCUT2D eigenvalue weighted by Crippen LogP contribution is 2.35. The summed E-state index contributed by atoms with van der Waals surface area (Å²) in [7, 11) is 1.67. The lowest BCUT2D eigenvalue weighted by Crippen LogP contribution is -2.34. The van der Waals surface area contributed by atoms with Crippen molar-refractivity contribution in [1.82, 2.24) is 29.6 Å². The second-order valence-corrected chi connectivity index (χ2v) is 11.0. The van der Waals surface area contributed by atoms with Crippen molar-refractivity contribution in [2.75, 3.05) is 33.4 Å². The Hall–Kier alpha value is -2.95. The third-order valence-corrected chi connectivity index (χ3v) is 8.31. The number of amides is 1. The van der Waals surface area contributed by atoms with Crippen molar-refractivity contribution >= 4 is 43.8 Å². The molecule has 10 heteroatoms. The maximum atomic E-state index is 13.2. The number of ether oxygens (including phenoxy) is 2. The summed E-state index contributed by atoms with van der Waals surface area (Å²) in [5.41, 5.74) is 2.63. The first-order chi connectivity index (χ1) is 18.6. The van der Waals surface area contributed by atoms with Crippen LogP contribution in [0.2, 0.25) is 0 Å². The minimum Gasteiger partial charge on any atom is -0.382 e. The van der Waals surface area contributed by atoms with Gasteiger partial charge >= 0.3 is 0 Å². The molecule has 0 radical (unpaired) electrons. The summed E-state index contributed by atoms with van der Waals surface area (Å²) in [6, 6.07) is 10.1. The molecule has 198 valence electrons. The number of likely N-dealkylation sites (tertiary alicyclic amines) is 1. The van der Waals surface area contributed by atoms with Crippen molar-refractivity contribution in [3.05, 3.63) is 53.2 Å². The van der Waals surface area contributed by atoms with E-state index in [4.69, 9.17) is 19.6 Å². The first kappa shape index (κ1) is 25.3. The summed E-state index contributed by atoms with van der Waals surface area (Å²) in [4.78, 5) is 29.2. The van der Waals surface area contributed by atoms with E-state index in [-0.39, 0.29) is 17.9 Å². The number of rotatable bonds is 8. The number of carbonyl (C=O) groups is 1. The second kappa shape index (κ2) is 11.0. The number of carbonyl (C=O) groups excluding carboxylic acids is 1. The average molecular weight is 579 g/mol. The lowest BCUT2D eigenvalue weighted by atomic mass is 10.0. The Labute approximate surface area is 229 Å². The Morgan fingerprint density at radius 2 is 2.08 bits per heavy atom. The van der Waals surface area contributed by atoms with Gasteiger partial charge in [0, 0.05) is 50.3 Å². The first-order valence-corrected chi connectivity index (χ1v) is 14.0. The molecule has 38 heavy (non-hydrogen) atoms. The normalized spacial score (nSPS) is 21.6. The third-order valence-electron chi connectivity index (χ3n) is 7.72. The molecule has 2 fully saturated rings. The molecule has 1 saturated carbocycles. The lowest BCUT2D eigenvalue weighted by molar-refractivity contribution is -0.134. The molecule has 3 aromatic heterocycles. The van der Waals surface area contributed by atoms with Gasteiger partial charge in [0.05, 0.1) is 35.9 Å². The molecule has 0 bridgehead atoms. The Morgan fingerprint density at radius 1 is 1.16 bits per heavy atom. The standard InChI is InChI=1S/C28H31BrN6O3/c1-37-11-12-38-22-8-10-34(17-22)28(36)20-5-4-18(13-20)14-25-31-16-23-26(29)33-35(27(23)32-25)21-6-7-24-19(15-21)3-2-9-30-24/h2-3,6-7,9,15-16,18,20,22H,4-5,8,10-14,17H2,1H3/t18-,20-,22-/m1/s1. The molecule has 1 aliphatic heterocycles. The second-order valence-electron chi connectivity index (χ2n) is 10.2. The van der Waals surface area contributed by atoms with Gasteiger partial charge in [-0.1, -0.05) is 6.07 Å². The molecule has 9 nitrogen and oxygen atoms in total. The molecule has 3 atom stereocenters. The van der Waals surface area contributed by atoms with E-state index in [1.807, 2.05) is 40.0 Å². The highest BCUT2D eigenvalue weighted by molar-refractivity contribution is 9.10. The Morgan fingerprint density at radius 3 is 2.97 bits per heavy atom. The maximum Gasteiger partial charge on any atom is 0.225 e. The van der Waals surface area contributed by atoms with Crippen molar-refractivity contribution in [2.45, 2.75) is 38.2 Å². The monoisotopic (exact) mass is 578 g/mol. The zero-order valence-electron chi connectivity index (χ0n) is 21.4. The zero-order chi connectivity index (χ0) is 26.1. The van der Waals surface area contributed by atoms with Crippen LogP contribution in [-0.2, 0) is 20.7 Å². The van der Waals surface area contributed by atoms with E-state index in [0.29, 0.717) is 30.3 Å². The van der Waals surface area contributed by atoms with E-state index in [1.165, 1.54) is 0 Å². The Kier molecular flexibility index (Phi) is 7.36. The van der Waals surface area contributed by atoms with Crippen LogP contribution in [-0.4, -0.2) is 75.1 Å². The molecule has 1 aromatic carbocycles. The van der Waals surface area contributed by atoms with Crippen molar-refractivity contribution < 1.29 is 14.3 Å². The molecule has 1 saturated heterocycles. The van der Waals surface area contributed by atoms with Crippen LogP contribution in [0.5, 0.6) is 0 Å². The molecule has 0 N–H and O–H groups in total. The van der Waals surface area contributed by atoms with Crippen molar-refractivity contribution in [2.24, 2.45) is 11.8 Å². The summed E-state index contributed by atoms with van der Waals surface area (Å²) in [6.07, 6.45) is 8.24. The van der Waals surface area contributed by atoms with E-state index in [9.17, 15) is 4.79 Å². The van der Waals surface area contributed by atoms with Gasteiger partial charge in [0.15, 0.2) is 5.65 Å². The zero-order valence-corrected chi connectivity index (χ0v) is 23.0. The molecule has 0 spiro atoms. The molecule has 4 aromatic rings. The molecule has 1 aliphatic carbocycles. The van der Waals surface area contributed by atoms with Crippen LogP contribution in [0.4, 0.5) is 0 Å². The van der Waals surface area contributed by atoms with Crippen LogP contribution in [0.3, 0.4) is 0 Å². The topological polar surface area (TPSA) is 95.3 Å². The van der Waals surface area contributed by atoms with Gasteiger partial charge in [0.1, 0.15) is 10.4 Å². The van der Waals surface area contributed by atoms with Crippen molar-refractivity contribution in [1.29, 1.82) is 0 Å². The third kappa shape index (κ3) is 5.17. The highest BCUT2D eigenvalue weighted by atomic mass is 79.9. The Balaban J connectivity index is 1.13. The summed E-state index contributed by atoms with van der Waals surface area (Å²) in [5.74, 6) is 1.53. The summed E-state index contributed by atoms with van der Waals surface area (Å²) in [6.45, 7) is 2.63. The summed E-state index contributed by atoms with van der Waals surface area (Å²) >= 11 is 3.57. The van der Waals surface area contributed by atoms with Crippen molar-refractivity contribution in [3.63, 3.8) is 0 Å². The molecular formula is C28H31BrN6O3. The van der Waals surface area contributed by atoms with Gasteiger partial charge in [-0.05, 0) is 71.8 Å². The fourth-order valence-corrected chi connectivity index (χ4v) is 6.18. The minimum absolute atomic E-state index is 0.0762. The van der Waals surface area contributed by atoms with Crippen LogP contribution in [0, 0.1) is 11.8 Å². The first-order valence-electron chi connectivity index (χ1n) is 13.2. The fourth-order valence-electron chi connectivity index (χ4n) is 5.74. The van der Waals surface area contributed by atoms with Gasteiger partial charge in [0.2, 0.25) is 5.91 Å². The van der Waals surface area contributed by atoms with Gasteiger partial charge in [-0.15, -0.1) is 0 Å². The molecule has 2 aliphatic rings. The van der Waals surface area contributed by atoms with E-state index in [2.05, 4.69) is 32.0 Å². The Bertz CT molecular complexity index is 1460. The number of aromatic nitrogens is 5. The van der Waals surface area contributed by atoms with Gasteiger partial charge in [-0.2, -0.15) is 5.10 Å². The fraction of sp³-hybridized carbons (Fsp3) is 0.464. The highest BCUT2D eigenvalue weighted by Gasteiger charge is 2.36. The number of hydrogen-bond acceptors (Lipinski definition) is 7. The van der Waals surface area contributed by atoms with Crippen LogP contribution < -0.4 is 0 Å². The quantitative estimate of drug-likeness (QED) is 0.287. The predicted molar refractivity (Wildman–Crippen MR) is 147 cm³/mol. The number of halogens is 1. The van der Waals surface area contributed by atoms with Crippen LogP contribution in [0.1, 0.15) is 31.5 Å². The number of benzene rings is 1. The van der Waals surface area contributed by atoms with Crippen LogP contribution in [0.15, 0.2) is 47.3 Å². The molecule has 6 rings (SSSR count). The number of nitrogens with zero attached hydrogens (tertiary/aromatic N) is 6. The van der Waals surface area contributed by atoms with Gasteiger partial charge < -0.3 is 14.4 Å². The minimum atomic E-state index is 0.0762. The van der Waals surface area contributed by atoms with Gasteiger partial charge in [-0.3, -0.25) is 9.78 Å². The number of pyridine rings is 1. The van der Waals surface area contributed by atoms with E-state index in [1.54, 1.807) is 13.3 Å². The van der Waals surface area contributed by atoms with Crippen LogP contribution in [0.25, 0.3) is 27.6 Å².